The number of unbranched alkanes of at least 4 members (excludes halogenated alkanes) is 40. The van der Waals surface area contributed by atoms with Gasteiger partial charge in [-0.3, -0.25) is 9.59 Å². The van der Waals surface area contributed by atoms with Gasteiger partial charge in [0.25, 0.3) is 0 Å². The highest BCUT2D eigenvalue weighted by Gasteiger charge is 2.20. The molecule has 0 saturated carbocycles. The molecule has 0 aromatic rings. The number of rotatable bonds is 53. The second kappa shape index (κ2) is 53.2. The van der Waals surface area contributed by atoms with Crippen LogP contribution in [0.25, 0.3) is 0 Å². The fraction of sp³-hybridized carbons (Fsp3) is 0.930. The molecule has 6 nitrogen and oxygen atoms in total. The van der Waals surface area contributed by atoms with Gasteiger partial charge in [-0.05, 0) is 51.4 Å². The molecule has 0 radical (unpaired) electrons. The van der Waals surface area contributed by atoms with E-state index >= 15 is 0 Å². The largest absolute Gasteiger partial charge is 0.466 e. The van der Waals surface area contributed by atoms with E-state index in [4.69, 9.17) is 4.74 Å². The third kappa shape index (κ3) is 49.9. The van der Waals surface area contributed by atoms with Crippen LogP contribution in [0.4, 0.5) is 0 Å². The molecule has 0 aromatic carbocycles. The fourth-order valence-electron chi connectivity index (χ4n) is 8.93. The SMILES string of the molecule is CCCCCCCCCCCCCCCCCCCCCCCCCCC(O)C(CO)NC(=O)CCCCCCC/C=C\CCCCOC(=O)CCCCCCCCCCCCC. The number of carbonyl (C=O) groups is 2. The number of aliphatic hydroxyl groups excluding tert-OH is 2. The normalized spacial score (nSPS) is 12.6. The molecule has 0 fully saturated rings. The molecule has 0 aliphatic carbocycles. The zero-order valence-electron chi connectivity index (χ0n) is 42.6. The average Bonchev–Trinajstić information content (AvgIpc) is 3.28. The highest BCUT2D eigenvalue weighted by atomic mass is 16.5. The van der Waals surface area contributed by atoms with Gasteiger partial charge in [0.05, 0.1) is 25.4 Å². The highest BCUT2D eigenvalue weighted by molar-refractivity contribution is 5.76. The minimum Gasteiger partial charge on any atom is -0.466 e. The van der Waals surface area contributed by atoms with E-state index in [0.717, 1.165) is 77.0 Å². The van der Waals surface area contributed by atoms with Gasteiger partial charge in [-0.2, -0.15) is 0 Å². The lowest BCUT2D eigenvalue weighted by atomic mass is 10.0. The van der Waals surface area contributed by atoms with Crippen molar-refractivity contribution in [1.82, 2.24) is 5.32 Å². The van der Waals surface area contributed by atoms with E-state index in [1.54, 1.807) is 0 Å². The molecule has 0 aromatic heterocycles. The van der Waals surface area contributed by atoms with Crippen molar-refractivity contribution in [2.75, 3.05) is 13.2 Å². The summed E-state index contributed by atoms with van der Waals surface area (Å²) in [6.45, 7) is 4.89. The fourth-order valence-corrected chi connectivity index (χ4v) is 8.93. The second-order valence-corrected chi connectivity index (χ2v) is 19.6. The van der Waals surface area contributed by atoms with Crippen LogP contribution in [0.1, 0.15) is 316 Å². The van der Waals surface area contributed by atoms with E-state index in [0.29, 0.717) is 25.9 Å². The molecule has 0 heterocycles. The quantitative estimate of drug-likeness (QED) is 0.0321. The van der Waals surface area contributed by atoms with Crippen molar-refractivity contribution >= 4 is 11.9 Å². The smallest absolute Gasteiger partial charge is 0.305 e. The number of esters is 1. The van der Waals surface area contributed by atoms with Gasteiger partial charge in [0.15, 0.2) is 0 Å². The Morgan fingerprint density at radius 3 is 1.13 bits per heavy atom. The minimum atomic E-state index is -0.682. The van der Waals surface area contributed by atoms with E-state index in [2.05, 4.69) is 31.3 Å². The van der Waals surface area contributed by atoms with Crippen LogP contribution >= 0.6 is 0 Å². The first-order valence-electron chi connectivity index (χ1n) is 28.4. The molecule has 374 valence electrons. The Morgan fingerprint density at radius 2 is 0.746 bits per heavy atom. The Morgan fingerprint density at radius 1 is 0.429 bits per heavy atom. The Hall–Kier alpha value is -1.40. The molecule has 0 aliphatic rings. The molecule has 0 saturated heterocycles. The number of ether oxygens (including phenoxy) is 1. The molecule has 3 N–H and O–H groups in total. The zero-order chi connectivity index (χ0) is 45.8. The van der Waals surface area contributed by atoms with E-state index < -0.39 is 12.1 Å². The van der Waals surface area contributed by atoms with Crippen molar-refractivity contribution in [3.05, 3.63) is 12.2 Å². The predicted octanol–water partition coefficient (Wildman–Crippen LogP) is 17.3. The van der Waals surface area contributed by atoms with Crippen molar-refractivity contribution in [2.24, 2.45) is 0 Å². The number of hydrogen-bond donors (Lipinski definition) is 3. The van der Waals surface area contributed by atoms with Gasteiger partial charge in [-0.25, -0.2) is 0 Å². The highest BCUT2D eigenvalue weighted by Crippen LogP contribution is 2.17. The van der Waals surface area contributed by atoms with Crippen LogP contribution in [0.3, 0.4) is 0 Å². The van der Waals surface area contributed by atoms with E-state index in [1.165, 1.54) is 205 Å². The summed E-state index contributed by atoms with van der Waals surface area (Å²) >= 11 is 0. The Labute approximate surface area is 393 Å². The number of amides is 1. The summed E-state index contributed by atoms with van der Waals surface area (Å²) in [7, 11) is 0. The monoisotopic (exact) mass is 890 g/mol. The number of aliphatic hydroxyl groups is 2. The summed E-state index contributed by atoms with van der Waals surface area (Å²) in [4.78, 5) is 24.5. The third-order valence-corrected chi connectivity index (χ3v) is 13.3. The molecular formula is C57H111NO5. The summed E-state index contributed by atoms with van der Waals surface area (Å²) in [5.74, 6) is -0.0909. The number of carbonyl (C=O) groups excluding carboxylic acids is 2. The van der Waals surface area contributed by atoms with Crippen LogP contribution < -0.4 is 5.32 Å². The van der Waals surface area contributed by atoms with E-state index in [1.807, 2.05) is 0 Å². The lowest BCUT2D eigenvalue weighted by molar-refractivity contribution is -0.143. The van der Waals surface area contributed by atoms with Crippen molar-refractivity contribution in [3.8, 4) is 0 Å². The number of hydrogen-bond acceptors (Lipinski definition) is 5. The lowest BCUT2D eigenvalue weighted by Gasteiger charge is -2.22. The van der Waals surface area contributed by atoms with Gasteiger partial charge >= 0.3 is 5.97 Å². The maximum atomic E-state index is 12.5. The summed E-state index contributed by atoms with van der Waals surface area (Å²) in [5, 5.41) is 23.3. The van der Waals surface area contributed by atoms with E-state index in [-0.39, 0.29) is 18.5 Å². The molecule has 2 atom stereocenters. The van der Waals surface area contributed by atoms with Crippen LogP contribution in [0, 0.1) is 0 Å². The molecule has 0 spiro atoms. The minimum absolute atomic E-state index is 0.0305. The van der Waals surface area contributed by atoms with Crippen molar-refractivity contribution < 1.29 is 24.5 Å². The first-order chi connectivity index (χ1) is 31.0. The summed E-state index contributed by atoms with van der Waals surface area (Å²) in [6, 6.07) is -0.562. The van der Waals surface area contributed by atoms with Crippen molar-refractivity contribution in [2.45, 2.75) is 328 Å². The van der Waals surface area contributed by atoms with Crippen LogP contribution in [-0.4, -0.2) is 47.4 Å². The van der Waals surface area contributed by atoms with Gasteiger partial charge in [0, 0.05) is 12.8 Å². The molecule has 0 bridgehead atoms. The Bertz CT molecular complexity index is 939. The lowest BCUT2D eigenvalue weighted by Crippen LogP contribution is -2.45. The molecular weight excluding hydrogens is 779 g/mol. The molecule has 0 rings (SSSR count). The first-order valence-corrected chi connectivity index (χ1v) is 28.4. The number of allylic oxidation sites excluding steroid dienone is 2. The average molecular weight is 891 g/mol. The Balaban J connectivity index is 3.49. The van der Waals surface area contributed by atoms with Crippen LogP contribution in [0.15, 0.2) is 12.2 Å². The Kier molecular flexibility index (Phi) is 52.0. The standard InChI is InChI=1S/C57H111NO5/c1-3-5-7-9-11-13-15-16-17-18-19-20-21-22-23-24-25-26-27-30-33-37-41-45-49-55(60)54(53-59)58-56(61)50-46-42-38-34-31-28-32-36-40-44-48-52-63-57(62)51-47-43-39-35-29-14-12-10-8-6-4-2/h32,36,54-55,59-60H,3-31,33-35,37-53H2,1-2H3,(H,58,61)/b36-32-. The van der Waals surface area contributed by atoms with Gasteiger partial charge in [-0.15, -0.1) is 0 Å². The maximum Gasteiger partial charge on any atom is 0.305 e. The summed E-state index contributed by atoms with van der Waals surface area (Å²) in [6.07, 6.45) is 62.1. The molecule has 0 aliphatic heterocycles. The van der Waals surface area contributed by atoms with E-state index in [9.17, 15) is 19.8 Å². The van der Waals surface area contributed by atoms with Gasteiger partial charge in [0.1, 0.15) is 0 Å². The summed E-state index contributed by atoms with van der Waals surface area (Å²) in [5.41, 5.74) is 0. The van der Waals surface area contributed by atoms with Crippen LogP contribution in [0.5, 0.6) is 0 Å². The second-order valence-electron chi connectivity index (χ2n) is 19.6. The third-order valence-electron chi connectivity index (χ3n) is 13.3. The molecule has 1 amide bonds. The van der Waals surface area contributed by atoms with Gasteiger partial charge in [0.2, 0.25) is 5.91 Å². The van der Waals surface area contributed by atoms with Gasteiger partial charge in [-0.1, -0.05) is 264 Å². The van der Waals surface area contributed by atoms with Crippen molar-refractivity contribution in [3.63, 3.8) is 0 Å². The predicted molar refractivity (Wildman–Crippen MR) is 273 cm³/mol. The molecule has 2 unspecified atom stereocenters. The molecule has 6 heteroatoms. The van der Waals surface area contributed by atoms with Crippen LogP contribution in [-0.2, 0) is 14.3 Å². The van der Waals surface area contributed by atoms with Crippen LogP contribution in [0.2, 0.25) is 0 Å². The first kappa shape index (κ1) is 61.6. The zero-order valence-corrected chi connectivity index (χ0v) is 42.6. The van der Waals surface area contributed by atoms with Gasteiger partial charge < -0.3 is 20.3 Å². The topological polar surface area (TPSA) is 95.9 Å². The van der Waals surface area contributed by atoms with Crippen molar-refractivity contribution in [1.29, 1.82) is 0 Å². The summed E-state index contributed by atoms with van der Waals surface area (Å²) < 4.78 is 5.42. The number of nitrogens with one attached hydrogen (secondary N) is 1. The maximum absolute atomic E-state index is 12.5. The molecule has 63 heavy (non-hydrogen) atoms.